The van der Waals surface area contributed by atoms with E-state index in [2.05, 4.69) is 0 Å². The lowest BCUT2D eigenvalue weighted by atomic mass is 10.2. The Hall–Kier alpha value is -1.91. The molecule has 0 heterocycles. The fourth-order valence-electron chi connectivity index (χ4n) is 1.55. The smallest absolute Gasteiger partial charge is 0.342 e. The van der Waals surface area contributed by atoms with Crippen molar-refractivity contribution >= 4 is 29.2 Å². The molecule has 0 saturated heterocycles. The van der Waals surface area contributed by atoms with Gasteiger partial charge in [-0.15, -0.1) is 0 Å². The van der Waals surface area contributed by atoms with E-state index in [1.807, 2.05) is 0 Å². The molecule has 4 nitrogen and oxygen atoms in total. The van der Waals surface area contributed by atoms with Gasteiger partial charge < -0.3 is 14.9 Å². The molecule has 0 fully saturated rings. The largest absolute Gasteiger partial charge is 0.508 e. The van der Waals surface area contributed by atoms with Crippen molar-refractivity contribution in [1.82, 2.24) is 0 Å². The maximum atomic E-state index is 11.8. The minimum atomic E-state index is -0.714. The van der Waals surface area contributed by atoms with Gasteiger partial charge in [-0.2, -0.15) is 0 Å². The highest BCUT2D eigenvalue weighted by Crippen LogP contribution is 2.25. The van der Waals surface area contributed by atoms with Gasteiger partial charge in [0.1, 0.15) is 23.7 Å². The molecule has 0 spiro atoms. The fraction of sp³-hybridized carbons (Fsp3) is 0.0714. The van der Waals surface area contributed by atoms with Crippen LogP contribution in [0.1, 0.15) is 15.9 Å². The van der Waals surface area contributed by atoms with Crippen LogP contribution in [0.3, 0.4) is 0 Å². The van der Waals surface area contributed by atoms with Gasteiger partial charge in [-0.05, 0) is 24.3 Å². The lowest BCUT2D eigenvalue weighted by molar-refractivity contribution is 0.0469. The van der Waals surface area contributed by atoms with Crippen molar-refractivity contribution in [3.63, 3.8) is 0 Å². The number of rotatable bonds is 3. The molecule has 0 atom stereocenters. The molecule has 2 N–H and O–H groups in total. The molecule has 0 aromatic heterocycles. The number of ether oxygens (including phenoxy) is 1. The number of halogens is 2. The standard InChI is InChI=1S/C14H10Cl2O4/c15-9-2-1-8(12(16)5-9)7-20-14(19)11-4-3-10(17)6-13(11)18/h1-6,17-18H,7H2. The number of hydrogen-bond acceptors (Lipinski definition) is 4. The van der Waals surface area contributed by atoms with Crippen LogP contribution in [0.25, 0.3) is 0 Å². The van der Waals surface area contributed by atoms with Crippen molar-refractivity contribution in [2.75, 3.05) is 0 Å². The molecular weight excluding hydrogens is 303 g/mol. The molecule has 0 aliphatic rings. The van der Waals surface area contributed by atoms with E-state index in [-0.39, 0.29) is 23.7 Å². The highest BCUT2D eigenvalue weighted by Gasteiger charge is 2.14. The molecule has 0 amide bonds. The molecule has 0 saturated carbocycles. The lowest BCUT2D eigenvalue weighted by Gasteiger charge is -2.08. The SMILES string of the molecule is O=C(OCc1ccc(Cl)cc1Cl)c1ccc(O)cc1O. The molecule has 2 aromatic rings. The first-order valence-electron chi connectivity index (χ1n) is 5.60. The van der Waals surface area contributed by atoms with Gasteiger partial charge in [0.2, 0.25) is 0 Å². The molecule has 104 valence electrons. The van der Waals surface area contributed by atoms with Crippen LogP contribution in [0.15, 0.2) is 36.4 Å². The Balaban J connectivity index is 2.08. The van der Waals surface area contributed by atoms with Crippen LogP contribution >= 0.6 is 23.2 Å². The van der Waals surface area contributed by atoms with Gasteiger partial charge in [-0.1, -0.05) is 29.3 Å². The third-order valence-electron chi connectivity index (χ3n) is 2.58. The maximum absolute atomic E-state index is 11.8. The Kier molecular flexibility index (Phi) is 4.37. The van der Waals surface area contributed by atoms with Crippen molar-refractivity contribution in [3.8, 4) is 11.5 Å². The summed E-state index contributed by atoms with van der Waals surface area (Å²) in [7, 11) is 0. The third-order valence-corrected chi connectivity index (χ3v) is 3.16. The predicted octanol–water partition coefficient (Wildman–Crippen LogP) is 3.76. The first-order chi connectivity index (χ1) is 9.47. The van der Waals surface area contributed by atoms with Crippen LogP contribution < -0.4 is 0 Å². The normalized spacial score (nSPS) is 10.3. The van der Waals surface area contributed by atoms with Crippen LogP contribution in [-0.4, -0.2) is 16.2 Å². The summed E-state index contributed by atoms with van der Waals surface area (Å²) in [6, 6.07) is 8.45. The van der Waals surface area contributed by atoms with E-state index in [1.54, 1.807) is 18.2 Å². The molecular formula is C14H10Cl2O4. The summed E-state index contributed by atoms with van der Waals surface area (Å²) < 4.78 is 5.05. The Morgan fingerprint density at radius 1 is 1.10 bits per heavy atom. The molecule has 0 aliphatic heterocycles. The number of phenols is 2. The molecule has 2 rings (SSSR count). The molecule has 2 aromatic carbocycles. The first-order valence-corrected chi connectivity index (χ1v) is 6.36. The van der Waals surface area contributed by atoms with E-state index in [0.29, 0.717) is 15.6 Å². The summed E-state index contributed by atoms with van der Waals surface area (Å²) >= 11 is 11.7. The molecule has 0 radical (unpaired) electrons. The summed E-state index contributed by atoms with van der Waals surface area (Å²) in [6.45, 7) is -0.0465. The average molecular weight is 313 g/mol. The average Bonchev–Trinajstić information content (AvgIpc) is 2.37. The van der Waals surface area contributed by atoms with Gasteiger partial charge in [0.15, 0.2) is 0 Å². The van der Waals surface area contributed by atoms with E-state index < -0.39 is 5.97 Å². The van der Waals surface area contributed by atoms with Crippen LogP contribution in [0.2, 0.25) is 10.0 Å². The molecule has 6 heteroatoms. The van der Waals surface area contributed by atoms with Gasteiger partial charge >= 0.3 is 5.97 Å². The second-order valence-electron chi connectivity index (χ2n) is 4.01. The van der Waals surface area contributed by atoms with Gasteiger partial charge in [0.25, 0.3) is 0 Å². The fourth-order valence-corrected chi connectivity index (χ4v) is 2.02. The van der Waals surface area contributed by atoms with Gasteiger partial charge in [-0.3, -0.25) is 0 Å². The van der Waals surface area contributed by atoms with Crippen molar-refractivity contribution < 1.29 is 19.7 Å². The maximum Gasteiger partial charge on any atom is 0.342 e. The molecule has 0 aliphatic carbocycles. The van der Waals surface area contributed by atoms with Crippen LogP contribution in [-0.2, 0) is 11.3 Å². The minimum absolute atomic E-state index is 0.0344. The summed E-state index contributed by atoms with van der Waals surface area (Å²) in [5.41, 5.74) is 0.565. The topological polar surface area (TPSA) is 66.8 Å². The second-order valence-corrected chi connectivity index (χ2v) is 4.86. The van der Waals surface area contributed by atoms with E-state index in [4.69, 9.17) is 33.0 Å². The molecule has 0 unspecified atom stereocenters. The third kappa shape index (κ3) is 3.35. The van der Waals surface area contributed by atoms with Crippen molar-refractivity contribution in [3.05, 3.63) is 57.6 Å². The quantitative estimate of drug-likeness (QED) is 0.847. The number of phenolic OH excluding ortho intramolecular Hbond substituents is 2. The van der Waals surface area contributed by atoms with Crippen molar-refractivity contribution in [2.45, 2.75) is 6.61 Å². The number of aromatic hydroxyl groups is 2. The van der Waals surface area contributed by atoms with Gasteiger partial charge in [-0.25, -0.2) is 4.79 Å². The number of esters is 1. The summed E-state index contributed by atoms with van der Waals surface area (Å²) in [5.74, 6) is -1.20. The zero-order chi connectivity index (χ0) is 14.7. The van der Waals surface area contributed by atoms with Crippen LogP contribution in [0, 0.1) is 0 Å². The highest BCUT2D eigenvalue weighted by atomic mass is 35.5. The lowest BCUT2D eigenvalue weighted by Crippen LogP contribution is -2.05. The number of carbonyl (C=O) groups excluding carboxylic acids is 1. The summed E-state index contributed by atoms with van der Waals surface area (Å²) in [5, 5.41) is 19.6. The van der Waals surface area contributed by atoms with Gasteiger partial charge in [0.05, 0.1) is 0 Å². The van der Waals surface area contributed by atoms with E-state index >= 15 is 0 Å². The Labute approximate surface area is 125 Å². The monoisotopic (exact) mass is 312 g/mol. The highest BCUT2D eigenvalue weighted by molar-refractivity contribution is 6.35. The summed E-state index contributed by atoms with van der Waals surface area (Å²) in [6.07, 6.45) is 0. The minimum Gasteiger partial charge on any atom is -0.508 e. The van der Waals surface area contributed by atoms with Crippen molar-refractivity contribution in [2.24, 2.45) is 0 Å². The Morgan fingerprint density at radius 2 is 1.85 bits per heavy atom. The van der Waals surface area contributed by atoms with Gasteiger partial charge in [0, 0.05) is 21.7 Å². The number of hydrogen-bond donors (Lipinski definition) is 2. The number of carbonyl (C=O) groups is 1. The van der Waals surface area contributed by atoms with E-state index in [1.165, 1.54) is 12.1 Å². The number of benzene rings is 2. The molecule has 20 heavy (non-hydrogen) atoms. The first kappa shape index (κ1) is 14.5. The Morgan fingerprint density at radius 3 is 2.50 bits per heavy atom. The Bertz CT molecular complexity index is 656. The van der Waals surface area contributed by atoms with Crippen LogP contribution in [0.4, 0.5) is 0 Å². The molecule has 0 bridgehead atoms. The van der Waals surface area contributed by atoms with Crippen molar-refractivity contribution in [1.29, 1.82) is 0 Å². The summed E-state index contributed by atoms with van der Waals surface area (Å²) in [4.78, 5) is 11.8. The second kappa shape index (κ2) is 6.03. The van der Waals surface area contributed by atoms with E-state index in [9.17, 15) is 9.90 Å². The predicted molar refractivity (Wildman–Crippen MR) is 75.4 cm³/mol. The van der Waals surface area contributed by atoms with E-state index in [0.717, 1.165) is 6.07 Å². The van der Waals surface area contributed by atoms with Crippen LogP contribution in [0.5, 0.6) is 11.5 Å². The zero-order valence-corrected chi connectivity index (χ0v) is 11.6. The zero-order valence-electron chi connectivity index (χ0n) is 10.1.